The zero-order valence-corrected chi connectivity index (χ0v) is 15.1. The van der Waals surface area contributed by atoms with Gasteiger partial charge in [-0.2, -0.15) is 10.2 Å². The third-order valence-electron chi connectivity index (χ3n) is 5.04. The van der Waals surface area contributed by atoms with Crippen LogP contribution in [0.4, 0.5) is 17.5 Å². The molecule has 26 heavy (non-hydrogen) atoms. The van der Waals surface area contributed by atoms with Crippen molar-refractivity contribution in [2.75, 3.05) is 54.0 Å². The number of hydrogen-bond acceptors (Lipinski definition) is 7. The van der Waals surface area contributed by atoms with Crippen molar-refractivity contribution in [2.24, 2.45) is 0 Å². The molecule has 0 aliphatic carbocycles. The van der Waals surface area contributed by atoms with Crippen LogP contribution < -0.4 is 14.7 Å². The Morgan fingerprint density at radius 3 is 2.38 bits per heavy atom. The molecule has 2 aliphatic rings. The molecule has 2 aliphatic heterocycles. The van der Waals surface area contributed by atoms with Gasteiger partial charge in [-0.05, 0) is 31.9 Å². The minimum atomic E-state index is 0.460. The predicted molar refractivity (Wildman–Crippen MR) is 102 cm³/mol. The fourth-order valence-electron chi connectivity index (χ4n) is 3.63. The number of nitrogens with zero attached hydrogens (tertiary/aromatic N) is 7. The molecule has 0 bridgehead atoms. The summed E-state index contributed by atoms with van der Waals surface area (Å²) in [5, 5.41) is 9.03. The maximum atomic E-state index is 9.03. The van der Waals surface area contributed by atoms with E-state index in [1.807, 2.05) is 19.1 Å². The molecule has 7 heteroatoms. The molecule has 134 valence electrons. The molecule has 2 aromatic rings. The minimum Gasteiger partial charge on any atom is -0.368 e. The number of aryl methyl sites for hydroxylation is 1. The van der Waals surface area contributed by atoms with Crippen LogP contribution in [0, 0.1) is 18.3 Å². The predicted octanol–water partition coefficient (Wildman–Crippen LogP) is 1.98. The average Bonchev–Trinajstić information content (AvgIpc) is 3.23. The molecular formula is C19H23N7. The van der Waals surface area contributed by atoms with Crippen LogP contribution >= 0.6 is 0 Å². The number of rotatable bonds is 3. The molecule has 4 heterocycles. The Hall–Kier alpha value is -2.88. The number of anilines is 3. The standard InChI is InChI=1S/C19H23N7/c1-15-12-18(25-6-2-3-7-25)23-19(22-15)26-10-8-24(9-11-26)17-4-5-21-16(13-17)14-20/h4-5,12-13H,2-3,6-11H2,1H3. The summed E-state index contributed by atoms with van der Waals surface area (Å²) in [5.74, 6) is 1.89. The third kappa shape index (κ3) is 3.40. The van der Waals surface area contributed by atoms with E-state index < -0.39 is 0 Å². The Labute approximate surface area is 153 Å². The number of hydrogen-bond donors (Lipinski definition) is 0. The van der Waals surface area contributed by atoms with Crippen LogP contribution in [0.5, 0.6) is 0 Å². The number of piperazine rings is 1. The van der Waals surface area contributed by atoms with E-state index in [0.29, 0.717) is 5.69 Å². The van der Waals surface area contributed by atoms with Gasteiger partial charge in [0.2, 0.25) is 5.95 Å². The summed E-state index contributed by atoms with van der Waals surface area (Å²) in [6, 6.07) is 8.01. The second-order valence-corrected chi connectivity index (χ2v) is 6.85. The summed E-state index contributed by atoms with van der Waals surface area (Å²) in [5.41, 5.74) is 2.54. The summed E-state index contributed by atoms with van der Waals surface area (Å²) in [6.07, 6.45) is 4.19. The highest BCUT2D eigenvalue weighted by Crippen LogP contribution is 2.23. The van der Waals surface area contributed by atoms with Gasteiger partial charge in [0.1, 0.15) is 17.6 Å². The molecule has 0 spiro atoms. The first-order valence-corrected chi connectivity index (χ1v) is 9.19. The molecule has 2 saturated heterocycles. The lowest BCUT2D eigenvalue weighted by Crippen LogP contribution is -2.47. The van der Waals surface area contributed by atoms with Gasteiger partial charge in [-0.1, -0.05) is 0 Å². The van der Waals surface area contributed by atoms with Crippen LogP contribution in [-0.2, 0) is 0 Å². The molecular weight excluding hydrogens is 326 g/mol. The van der Waals surface area contributed by atoms with Gasteiger partial charge in [-0.15, -0.1) is 0 Å². The molecule has 0 saturated carbocycles. The quantitative estimate of drug-likeness (QED) is 0.839. The van der Waals surface area contributed by atoms with Crippen molar-refractivity contribution in [1.29, 1.82) is 5.26 Å². The van der Waals surface area contributed by atoms with Gasteiger partial charge >= 0.3 is 0 Å². The lowest BCUT2D eigenvalue weighted by molar-refractivity contribution is 0.638. The van der Waals surface area contributed by atoms with E-state index in [9.17, 15) is 0 Å². The molecule has 0 radical (unpaired) electrons. The molecule has 0 atom stereocenters. The van der Waals surface area contributed by atoms with Crippen molar-refractivity contribution >= 4 is 17.5 Å². The van der Waals surface area contributed by atoms with E-state index in [2.05, 4.69) is 36.8 Å². The first kappa shape index (κ1) is 16.6. The number of aromatic nitrogens is 3. The maximum Gasteiger partial charge on any atom is 0.227 e. The zero-order valence-electron chi connectivity index (χ0n) is 15.1. The number of nitriles is 1. The van der Waals surface area contributed by atoms with Gasteiger partial charge in [0.25, 0.3) is 0 Å². The van der Waals surface area contributed by atoms with Crippen molar-refractivity contribution in [1.82, 2.24) is 15.0 Å². The monoisotopic (exact) mass is 349 g/mol. The average molecular weight is 349 g/mol. The van der Waals surface area contributed by atoms with E-state index in [0.717, 1.165) is 62.4 Å². The molecule has 0 N–H and O–H groups in total. The topological polar surface area (TPSA) is 72.2 Å². The Morgan fingerprint density at radius 2 is 1.65 bits per heavy atom. The second-order valence-electron chi connectivity index (χ2n) is 6.85. The van der Waals surface area contributed by atoms with Crippen LogP contribution in [-0.4, -0.2) is 54.2 Å². The summed E-state index contributed by atoms with van der Waals surface area (Å²) >= 11 is 0. The van der Waals surface area contributed by atoms with Crippen molar-refractivity contribution in [3.8, 4) is 6.07 Å². The fraction of sp³-hybridized carbons (Fsp3) is 0.474. The van der Waals surface area contributed by atoms with Crippen molar-refractivity contribution in [2.45, 2.75) is 19.8 Å². The third-order valence-corrected chi connectivity index (χ3v) is 5.04. The van der Waals surface area contributed by atoms with Crippen LogP contribution in [0.25, 0.3) is 0 Å². The zero-order chi connectivity index (χ0) is 17.9. The fourth-order valence-corrected chi connectivity index (χ4v) is 3.63. The Kier molecular flexibility index (Phi) is 4.57. The summed E-state index contributed by atoms with van der Waals surface area (Å²) < 4.78 is 0. The van der Waals surface area contributed by atoms with Gasteiger partial charge in [0.05, 0.1) is 0 Å². The molecule has 2 fully saturated rings. The summed E-state index contributed by atoms with van der Waals surface area (Å²) in [6.45, 7) is 7.72. The van der Waals surface area contributed by atoms with E-state index >= 15 is 0 Å². The minimum absolute atomic E-state index is 0.460. The summed E-state index contributed by atoms with van der Waals surface area (Å²) in [7, 11) is 0. The van der Waals surface area contributed by atoms with Gasteiger partial charge in [-0.25, -0.2) is 9.97 Å². The van der Waals surface area contributed by atoms with E-state index in [4.69, 9.17) is 10.2 Å². The van der Waals surface area contributed by atoms with Gasteiger partial charge in [-0.3, -0.25) is 0 Å². The normalized spacial score (nSPS) is 17.5. The second kappa shape index (κ2) is 7.16. The van der Waals surface area contributed by atoms with E-state index in [1.165, 1.54) is 12.8 Å². The van der Waals surface area contributed by atoms with Crippen molar-refractivity contribution in [3.05, 3.63) is 35.8 Å². The van der Waals surface area contributed by atoms with Gasteiger partial charge in [0.15, 0.2) is 0 Å². The maximum absolute atomic E-state index is 9.03. The number of pyridine rings is 1. The molecule has 0 aromatic carbocycles. The highest BCUT2D eigenvalue weighted by Gasteiger charge is 2.22. The van der Waals surface area contributed by atoms with Crippen molar-refractivity contribution < 1.29 is 0 Å². The van der Waals surface area contributed by atoms with E-state index in [-0.39, 0.29) is 0 Å². The smallest absolute Gasteiger partial charge is 0.227 e. The molecule has 0 amide bonds. The largest absolute Gasteiger partial charge is 0.368 e. The SMILES string of the molecule is Cc1cc(N2CCCC2)nc(N2CCN(c3ccnc(C#N)c3)CC2)n1. The molecule has 4 rings (SSSR count). The Balaban J connectivity index is 1.47. The molecule has 0 unspecified atom stereocenters. The van der Waals surface area contributed by atoms with Crippen molar-refractivity contribution in [3.63, 3.8) is 0 Å². The lowest BCUT2D eigenvalue weighted by Gasteiger charge is -2.36. The highest BCUT2D eigenvalue weighted by molar-refractivity contribution is 5.51. The molecule has 7 nitrogen and oxygen atoms in total. The summed E-state index contributed by atoms with van der Waals surface area (Å²) in [4.78, 5) is 20.5. The van der Waals surface area contributed by atoms with E-state index in [1.54, 1.807) is 6.20 Å². The first-order valence-electron chi connectivity index (χ1n) is 9.19. The Morgan fingerprint density at radius 1 is 0.923 bits per heavy atom. The van der Waals surface area contributed by atoms with Crippen LogP contribution in [0.3, 0.4) is 0 Å². The molecule has 2 aromatic heterocycles. The van der Waals surface area contributed by atoms with Crippen LogP contribution in [0.2, 0.25) is 0 Å². The Bertz CT molecular complexity index is 815. The van der Waals surface area contributed by atoms with Gasteiger partial charge in [0, 0.05) is 62.9 Å². The highest BCUT2D eigenvalue weighted by atomic mass is 15.3. The van der Waals surface area contributed by atoms with Gasteiger partial charge < -0.3 is 14.7 Å². The first-order chi connectivity index (χ1) is 12.7. The van der Waals surface area contributed by atoms with Crippen LogP contribution in [0.1, 0.15) is 24.2 Å². The lowest BCUT2D eigenvalue weighted by atomic mass is 10.2. The van der Waals surface area contributed by atoms with Crippen LogP contribution in [0.15, 0.2) is 24.4 Å².